The molecule has 0 atom stereocenters. The maximum Gasteiger partial charge on any atom is 0.0292 e. The van der Waals surface area contributed by atoms with Gasteiger partial charge in [-0.15, -0.1) is 0 Å². The summed E-state index contributed by atoms with van der Waals surface area (Å²) in [7, 11) is 0. The smallest absolute Gasteiger partial charge is 0.0292 e. The summed E-state index contributed by atoms with van der Waals surface area (Å²) in [4.78, 5) is 2.72. The van der Waals surface area contributed by atoms with Crippen LogP contribution in [-0.4, -0.2) is 13.1 Å². The van der Waals surface area contributed by atoms with E-state index in [-0.39, 0.29) is 0 Å². The van der Waals surface area contributed by atoms with Gasteiger partial charge in [0.2, 0.25) is 0 Å². The van der Waals surface area contributed by atoms with Crippen molar-refractivity contribution in [3.05, 3.63) is 51.4 Å². The molecule has 17 heavy (non-hydrogen) atoms. The minimum atomic E-state index is 0.530. The second kappa shape index (κ2) is 6.09. The average molecular weight is 228 g/mol. The second-order valence-corrected chi connectivity index (χ2v) is 4.10. The van der Waals surface area contributed by atoms with Crippen molar-refractivity contribution in [1.29, 1.82) is 0 Å². The standard InChI is InChI=1S/C13H16N4/c14-17-16-7-2-1-3-11-4-5-13-10-15-8-6-12(13)9-11/h1,3-5,9,15H,2,6-8,10H2. The summed E-state index contributed by atoms with van der Waals surface area (Å²) < 4.78 is 0. The van der Waals surface area contributed by atoms with Crippen LogP contribution in [0.4, 0.5) is 0 Å². The normalized spacial score (nSPS) is 14.4. The molecule has 1 aliphatic rings. The van der Waals surface area contributed by atoms with E-state index >= 15 is 0 Å². The Bertz CT molecular complexity index is 458. The minimum absolute atomic E-state index is 0.530. The summed E-state index contributed by atoms with van der Waals surface area (Å²) in [6.07, 6.45) is 6.05. The van der Waals surface area contributed by atoms with Gasteiger partial charge in [-0.2, -0.15) is 0 Å². The van der Waals surface area contributed by atoms with E-state index in [1.807, 2.05) is 0 Å². The Labute approximate surface area is 101 Å². The first-order valence-corrected chi connectivity index (χ1v) is 5.90. The van der Waals surface area contributed by atoms with Crippen molar-refractivity contribution in [3.63, 3.8) is 0 Å². The predicted octanol–water partition coefficient (Wildman–Crippen LogP) is 3.05. The van der Waals surface area contributed by atoms with Crippen LogP contribution in [0, 0.1) is 0 Å². The molecule has 0 amide bonds. The molecule has 0 saturated carbocycles. The molecule has 88 valence electrons. The molecule has 0 saturated heterocycles. The fourth-order valence-corrected chi connectivity index (χ4v) is 2.00. The quantitative estimate of drug-likeness (QED) is 0.366. The van der Waals surface area contributed by atoms with E-state index in [1.54, 1.807) is 0 Å². The highest BCUT2D eigenvalue weighted by Crippen LogP contribution is 2.16. The Kier molecular flexibility index (Phi) is 4.19. The number of azide groups is 1. The summed E-state index contributed by atoms with van der Waals surface area (Å²) in [5.74, 6) is 0. The molecule has 4 nitrogen and oxygen atoms in total. The number of fused-ring (bicyclic) bond motifs is 1. The molecular weight excluding hydrogens is 212 g/mol. The SMILES string of the molecule is [N-]=[N+]=NCCC=Cc1ccc2c(c1)CCNC2. The molecule has 1 aromatic rings. The van der Waals surface area contributed by atoms with Gasteiger partial charge in [0.25, 0.3) is 0 Å². The van der Waals surface area contributed by atoms with E-state index in [0.717, 1.165) is 25.9 Å². The van der Waals surface area contributed by atoms with Crippen molar-refractivity contribution in [2.24, 2.45) is 5.11 Å². The molecule has 0 aromatic heterocycles. The van der Waals surface area contributed by atoms with Crippen molar-refractivity contribution >= 4 is 6.08 Å². The van der Waals surface area contributed by atoms with Crippen molar-refractivity contribution in [2.45, 2.75) is 19.4 Å². The third-order valence-corrected chi connectivity index (χ3v) is 2.89. The molecule has 0 aliphatic carbocycles. The molecule has 0 unspecified atom stereocenters. The van der Waals surface area contributed by atoms with E-state index < -0.39 is 0 Å². The third-order valence-electron chi connectivity index (χ3n) is 2.89. The van der Waals surface area contributed by atoms with Crippen LogP contribution in [0.2, 0.25) is 0 Å². The van der Waals surface area contributed by atoms with Crippen molar-refractivity contribution in [1.82, 2.24) is 5.32 Å². The van der Waals surface area contributed by atoms with Gasteiger partial charge < -0.3 is 5.32 Å². The molecule has 1 N–H and O–H groups in total. The Morgan fingerprint density at radius 3 is 3.24 bits per heavy atom. The number of hydrogen-bond donors (Lipinski definition) is 1. The number of nitrogens with one attached hydrogen (secondary N) is 1. The van der Waals surface area contributed by atoms with Crippen molar-refractivity contribution in [2.75, 3.05) is 13.1 Å². The fourth-order valence-electron chi connectivity index (χ4n) is 2.00. The van der Waals surface area contributed by atoms with Crippen molar-refractivity contribution < 1.29 is 0 Å². The highest BCUT2D eigenvalue weighted by molar-refractivity contribution is 5.52. The number of rotatable bonds is 4. The van der Waals surface area contributed by atoms with Gasteiger partial charge in [0, 0.05) is 18.0 Å². The molecule has 1 aromatic carbocycles. The Balaban J connectivity index is 1.99. The highest BCUT2D eigenvalue weighted by Gasteiger charge is 2.07. The maximum absolute atomic E-state index is 8.14. The van der Waals surface area contributed by atoms with E-state index in [1.165, 1.54) is 16.7 Å². The first-order chi connectivity index (χ1) is 8.40. The summed E-state index contributed by atoms with van der Waals surface area (Å²) in [6.45, 7) is 2.58. The van der Waals surface area contributed by atoms with Gasteiger partial charge in [0.1, 0.15) is 0 Å². The lowest BCUT2D eigenvalue weighted by atomic mass is 9.98. The van der Waals surface area contributed by atoms with Crippen LogP contribution < -0.4 is 5.32 Å². The van der Waals surface area contributed by atoms with Crippen LogP contribution in [0.3, 0.4) is 0 Å². The molecule has 0 fully saturated rings. The van der Waals surface area contributed by atoms with Crippen LogP contribution in [0.5, 0.6) is 0 Å². The summed E-state index contributed by atoms with van der Waals surface area (Å²) >= 11 is 0. The van der Waals surface area contributed by atoms with Crippen LogP contribution in [0.15, 0.2) is 29.4 Å². The zero-order valence-corrected chi connectivity index (χ0v) is 9.76. The Hall–Kier alpha value is -1.77. The molecular formula is C13H16N4. The Morgan fingerprint density at radius 2 is 2.35 bits per heavy atom. The molecule has 1 heterocycles. The first kappa shape index (κ1) is 11.7. The predicted molar refractivity (Wildman–Crippen MR) is 69.5 cm³/mol. The van der Waals surface area contributed by atoms with Crippen LogP contribution in [-0.2, 0) is 13.0 Å². The van der Waals surface area contributed by atoms with Gasteiger partial charge in [0.05, 0.1) is 0 Å². The molecule has 4 heteroatoms. The van der Waals surface area contributed by atoms with Gasteiger partial charge in [-0.3, -0.25) is 0 Å². The van der Waals surface area contributed by atoms with E-state index in [2.05, 4.69) is 45.7 Å². The minimum Gasteiger partial charge on any atom is -0.312 e. The molecule has 0 radical (unpaired) electrons. The Morgan fingerprint density at radius 1 is 1.41 bits per heavy atom. The van der Waals surface area contributed by atoms with E-state index in [9.17, 15) is 0 Å². The first-order valence-electron chi connectivity index (χ1n) is 5.90. The van der Waals surface area contributed by atoms with E-state index in [0.29, 0.717) is 6.54 Å². The lowest BCUT2D eigenvalue weighted by molar-refractivity contribution is 0.643. The lowest BCUT2D eigenvalue weighted by Crippen LogP contribution is -2.23. The average Bonchev–Trinajstić information content (AvgIpc) is 2.38. The third kappa shape index (κ3) is 3.34. The molecule has 1 aliphatic heterocycles. The summed E-state index contributed by atoms with van der Waals surface area (Å²) in [5, 5.41) is 6.86. The zero-order chi connectivity index (χ0) is 11.9. The van der Waals surface area contributed by atoms with Crippen molar-refractivity contribution in [3.8, 4) is 0 Å². The second-order valence-electron chi connectivity index (χ2n) is 4.10. The molecule has 0 bridgehead atoms. The van der Waals surface area contributed by atoms with Gasteiger partial charge >= 0.3 is 0 Å². The topological polar surface area (TPSA) is 60.8 Å². The highest BCUT2D eigenvalue weighted by atomic mass is 15.1. The number of benzene rings is 1. The number of hydrogen-bond acceptors (Lipinski definition) is 2. The maximum atomic E-state index is 8.14. The van der Waals surface area contributed by atoms with Gasteiger partial charge in [-0.05, 0) is 41.6 Å². The monoisotopic (exact) mass is 228 g/mol. The number of nitrogens with zero attached hydrogens (tertiary/aromatic N) is 3. The van der Waals surface area contributed by atoms with Gasteiger partial charge in [-0.25, -0.2) is 0 Å². The van der Waals surface area contributed by atoms with Crippen LogP contribution in [0.1, 0.15) is 23.1 Å². The van der Waals surface area contributed by atoms with Gasteiger partial charge in [-0.1, -0.05) is 35.5 Å². The largest absolute Gasteiger partial charge is 0.312 e. The van der Waals surface area contributed by atoms with Crippen LogP contribution >= 0.6 is 0 Å². The molecule has 0 spiro atoms. The fraction of sp³-hybridized carbons (Fsp3) is 0.385. The summed E-state index contributed by atoms with van der Waals surface area (Å²) in [5.41, 5.74) is 12.2. The van der Waals surface area contributed by atoms with E-state index in [4.69, 9.17) is 5.53 Å². The molecule has 2 rings (SSSR count). The lowest BCUT2D eigenvalue weighted by Gasteiger charge is -2.17. The zero-order valence-electron chi connectivity index (χ0n) is 9.76. The van der Waals surface area contributed by atoms with Gasteiger partial charge in [0.15, 0.2) is 0 Å². The summed E-state index contributed by atoms with van der Waals surface area (Å²) in [6, 6.07) is 6.57. The van der Waals surface area contributed by atoms with Crippen LogP contribution in [0.25, 0.3) is 16.5 Å².